The van der Waals surface area contributed by atoms with Crippen molar-refractivity contribution in [1.29, 1.82) is 0 Å². The summed E-state index contributed by atoms with van der Waals surface area (Å²) in [4.78, 5) is 16.7. The summed E-state index contributed by atoms with van der Waals surface area (Å²) < 4.78 is 12.2. The molecule has 2 aromatic carbocycles. The molecule has 1 aromatic heterocycles. The summed E-state index contributed by atoms with van der Waals surface area (Å²) in [6.07, 6.45) is 0. The molecule has 0 atom stereocenters. The molecule has 2 amide bonds. The SMILES string of the molecule is COc1ccc(OC)c(NC(=O)Nc2nc3ccccc3n2C)c1. The summed E-state index contributed by atoms with van der Waals surface area (Å²) in [5.74, 6) is 1.61. The standard InChI is InChI=1S/C17H18N4O3/c1-21-14-7-5-4-6-12(14)18-16(21)20-17(22)19-13-10-11(23-2)8-9-15(13)24-3/h4-10H,1-3H3,(H2,18,19,20,22). The summed E-state index contributed by atoms with van der Waals surface area (Å²) >= 11 is 0. The van der Waals surface area contributed by atoms with Gasteiger partial charge in [-0.2, -0.15) is 0 Å². The first-order valence-electron chi connectivity index (χ1n) is 7.34. The highest BCUT2D eigenvalue weighted by Gasteiger charge is 2.13. The van der Waals surface area contributed by atoms with Crippen LogP contribution in [-0.4, -0.2) is 29.8 Å². The van der Waals surface area contributed by atoms with Crippen LogP contribution in [0.25, 0.3) is 11.0 Å². The monoisotopic (exact) mass is 326 g/mol. The van der Waals surface area contributed by atoms with Gasteiger partial charge >= 0.3 is 6.03 Å². The zero-order chi connectivity index (χ0) is 17.1. The number of fused-ring (bicyclic) bond motifs is 1. The smallest absolute Gasteiger partial charge is 0.326 e. The first-order valence-corrected chi connectivity index (χ1v) is 7.34. The molecule has 2 N–H and O–H groups in total. The number of amides is 2. The van der Waals surface area contributed by atoms with Crippen LogP contribution in [0.15, 0.2) is 42.5 Å². The van der Waals surface area contributed by atoms with Gasteiger partial charge in [-0.1, -0.05) is 12.1 Å². The third-order valence-electron chi connectivity index (χ3n) is 3.67. The molecule has 0 saturated heterocycles. The number of nitrogens with zero attached hydrogens (tertiary/aromatic N) is 2. The molecule has 24 heavy (non-hydrogen) atoms. The molecule has 0 radical (unpaired) electrons. The highest BCUT2D eigenvalue weighted by Crippen LogP contribution is 2.29. The van der Waals surface area contributed by atoms with E-state index in [9.17, 15) is 4.79 Å². The van der Waals surface area contributed by atoms with E-state index >= 15 is 0 Å². The molecule has 0 saturated carbocycles. The molecular formula is C17H18N4O3. The van der Waals surface area contributed by atoms with Gasteiger partial charge in [-0.15, -0.1) is 0 Å². The van der Waals surface area contributed by atoms with Gasteiger partial charge in [-0.05, 0) is 24.3 Å². The molecule has 0 fully saturated rings. The van der Waals surface area contributed by atoms with Gasteiger partial charge in [0, 0.05) is 13.1 Å². The van der Waals surface area contributed by atoms with Crippen molar-refractivity contribution in [2.24, 2.45) is 7.05 Å². The number of methoxy groups -OCH3 is 2. The number of imidazole rings is 1. The molecule has 124 valence electrons. The normalized spacial score (nSPS) is 10.5. The predicted octanol–water partition coefficient (Wildman–Crippen LogP) is 3.23. The largest absolute Gasteiger partial charge is 0.497 e. The third-order valence-corrected chi connectivity index (χ3v) is 3.67. The van der Waals surface area contributed by atoms with Crippen molar-refractivity contribution in [1.82, 2.24) is 9.55 Å². The number of carbonyl (C=O) groups is 1. The first kappa shape index (κ1) is 15.7. The molecule has 0 aliphatic heterocycles. The summed E-state index contributed by atoms with van der Waals surface area (Å²) in [6.45, 7) is 0. The van der Waals surface area contributed by atoms with Gasteiger partial charge in [0.1, 0.15) is 11.5 Å². The number of anilines is 2. The van der Waals surface area contributed by atoms with Gasteiger partial charge in [0.05, 0.1) is 30.9 Å². The van der Waals surface area contributed by atoms with Crippen LogP contribution in [0.3, 0.4) is 0 Å². The van der Waals surface area contributed by atoms with E-state index < -0.39 is 6.03 Å². The van der Waals surface area contributed by atoms with Gasteiger partial charge in [-0.25, -0.2) is 9.78 Å². The maximum atomic E-state index is 12.3. The minimum Gasteiger partial charge on any atom is -0.497 e. The fourth-order valence-corrected chi connectivity index (χ4v) is 2.42. The Balaban J connectivity index is 1.81. The topological polar surface area (TPSA) is 77.4 Å². The number of para-hydroxylation sites is 2. The minimum atomic E-state index is -0.417. The van der Waals surface area contributed by atoms with Gasteiger partial charge in [0.25, 0.3) is 0 Å². The second-order valence-electron chi connectivity index (χ2n) is 5.13. The lowest BCUT2D eigenvalue weighted by Crippen LogP contribution is -2.21. The number of urea groups is 1. The van der Waals surface area contributed by atoms with Crippen molar-refractivity contribution >= 4 is 28.7 Å². The molecule has 7 nitrogen and oxygen atoms in total. The first-order chi connectivity index (χ1) is 11.6. The lowest BCUT2D eigenvalue weighted by Gasteiger charge is -2.12. The lowest BCUT2D eigenvalue weighted by atomic mass is 10.2. The van der Waals surface area contributed by atoms with Crippen LogP contribution in [0.5, 0.6) is 11.5 Å². The van der Waals surface area contributed by atoms with Crippen LogP contribution < -0.4 is 20.1 Å². The molecule has 0 unspecified atom stereocenters. The van der Waals surface area contributed by atoms with E-state index in [0.717, 1.165) is 11.0 Å². The van der Waals surface area contributed by atoms with Gasteiger partial charge in [0.15, 0.2) is 0 Å². The molecule has 1 heterocycles. The zero-order valence-corrected chi connectivity index (χ0v) is 13.7. The Kier molecular flexibility index (Phi) is 4.24. The number of aromatic nitrogens is 2. The Hall–Kier alpha value is -3.22. The van der Waals surface area contributed by atoms with Crippen LogP contribution >= 0.6 is 0 Å². The van der Waals surface area contributed by atoms with Gasteiger partial charge < -0.3 is 19.4 Å². The number of aryl methyl sites for hydroxylation is 1. The van der Waals surface area contributed by atoms with Crippen LogP contribution in [0.4, 0.5) is 16.4 Å². The predicted molar refractivity (Wildman–Crippen MR) is 92.9 cm³/mol. The van der Waals surface area contributed by atoms with E-state index in [4.69, 9.17) is 9.47 Å². The molecule has 0 bridgehead atoms. The van der Waals surface area contributed by atoms with E-state index in [1.807, 2.05) is 35.9 Å². The number of carbonyl (C=O) groups excluding carboxylic acids is 1. The van der Waals surface area contributed by atoms with Crippen molar-refractivity contribution in [2.75, 3.05) is 24.9 Å². The van der Waals surface area contributed by atoms with Gasteiger partial charge in [-0.3, -0.25) is 5.32 Å². The van der Waals surface area contributed by atoms with E-state index in [2.05, 4.69) is 15.6 Å². The second kappa shape index (κ2) is 6.49. The summed E-state index contributed by atoms with van der Waals surface area (Å²) in [5.41, 5.74) is 2.26. The number of hydrogen-bond acceptors (Lipinski definition) is 4. The quantitative estimate of drug-likeness (QED) is 0.771. The van der Waals surface area contributed by atoms with Gasteiger partial charge in [0.2, 0.25) is 5.95 Å². The Morgan fingerprint density at radius 1 is 1.08 bits per heavy atom. The molecule has 0 aliphatic carbocycles. The number of ether oxygens (including phenoxy) is 2. The van der Waals surface area contributed by atoms with E-state index in [0.29, 0.717) is 23.1 Å². The van der Waals surface area contributed by atoms with Crippen molar-refractivity contribution < 1.29 is 14.3 Å². The molecule has 0 aliphatic rings. The van der Waals surface area contributed by atoms with Crippen molar-refractivity contribution in [3.8, 4) is 11.5 Å². The molecule has 0 spiro atoms. The van der Waals surface area contributed by atoms with Crippen LogP contribution in [-0.2, 0) is 7.05 Å². The van der Waals surface area contributed by atoms with Crippen LogP contribution in [0, 0.1) is 0 Å². The molecule has 3 aromatic rings. The maximum absolute atomic E-state index is 12.3. The minimum absolute atomic E-state index is 0.417. The number of hydrogen-bond donors (Lipinski definition) is 2. The van der Waals surface area contributed by atoms with Crippen molar-refractivity contribution in [2.45, 2.75) is 0 Å². The lowest BCUT2D eigenvalue weighted by molar-refractivity contribution is 0.262. The van der Waals surface area contributed by atoms with Crippen molar-refractivity contribution in [3.63, 3.8) is 0 Å². The number of rotatable bonds is 4. The number of nitrogens with one attached hydrogen (secondary N) is 2. The van der Waals surface area contributed by atoms with Crippen molar-refractivity contribution in [3.05, 3.63) is 42.5 Å². The molecular weight excluding hydrogens is 308 g/mol. The Morgan fingerprint density at radius 3 is 2.58 bits per heavy atom. The highest BCUT2D eigenvalue weighted by atomic mass is 16.5. The maximum Gasteiger partial charge on any atom is 0.326 e. The average molecular weight is 326 g/mol. The summed E-state index contributed by atoms with van der Waals surface area (Å²) in [7, 11) is 4.94. The third kappa shape index (κ3) is 2.96. The molecule has 3 rings (SSSR count). The van der Waals surface area contributed by atoms with E-state index in [1.54, 1.807) is 25.3 Å². The number of benzene rings is 2. The highest BCUT2D eigenvalue weighted by molar-refractivity contribution is 6.00. The van der Waals surface area contributed by atoms with E-state index in [-0.39, 0.29) is 0 Å². The van der Waals surface area contributed by atoms with E-state index in [1.165, 1.54) is 7.11 Å². The summed E-state index contributed by atoms with van der Waals surface area (Å²) in [5, 5.41) is 5.49. The fourth-order valence-electron chi connectivity index (χ4n) is 2.42. The Labute approximate surface area is 139 Å². The van der Waals surface area contributed by atoms with Crippen LogP contribution in [0.2, 0.25) is 0 Å². The Bertz CT molecular complexity index is 889. The fraction of sp³-hybridized carbons (Fsp3) is 0.176. The Morgan fingerprint density at radius 2 is 1.88 bits per heavy atom. The average Bonchev–Trinajstić information content (AvgIpc) is 2.91. The van der Waals surface area contributed by atoms with Crippen LogP contribution in [0.1, 0.15) is 0 Å². The molecule has 7 heteroatoms. The zero-order valence-electron chi connectivity index (χ0n) is 13.7. The second-order valence-corrected chi connectivity index (χ2v) is 5.13. The summed E-state index contributed by atoms with van der Waals surface area (Å²) in [6, 6.07) is 12.4.